The lowest BCUT2D eigenvalue weighted by molar-refractivity contribution is -0.121. The van der Waals surface area contributed by atoms with Crippen molar-refractivity contribution >= 4 is 11.9 Å². The van der Waals surface area contributed by atoms with Crippen molar-refractivity contribution in [1.82, 2.24) is 20.3 Å². The van der Waals surface area contributed by atoms with Gasteiger partial charge in [-0.15, -0.1) is 0 Å². The first-order chi connectivity index (χ1) is 15.1. The molecule has 6 heteroatoms. The van der Waals surface area contributed by atoms with Crippen molar-refractivity contribution in [2.45, 2.75) is 25.8 Å². The van der Waals surface area contributed by atoms with Gasteiger partial charge in [-0.1, -0.05) is 42.5 Å². The van der Waals surface area contributed by atoms with Gasteiger partial charge in [0.1, 0.15) is 0 Å². The van der Waals surface area contributed by atoms with Crippen LogP contribution in [-0.4, -0.2) is 35.0 Å². The maximum atomic E-state index is 12.2. The Labute approximate surface area is 183 Å². The van der Waals surface area contributed by atoms with Crippen LogP contribution in [-0.2, 0) is 11.3 Å². The lowest BCUT2D eigenvalue weighted by Gasteiger charge is -2.15. The molecule has 0 fully saturated rings. The van der Waals surface area contributed by atoms with E-state index in [4.69, 9.17) is 4.98 Å². The molecule has 1 unspecified atom stereocenters. The van der Waals surface area contributed by atoms with E-state index in [1.807, 2.05) is 67.7 Å². The number of hydrogen-bond acceptors (Lipinski definition) is 5. The summed E-state index contributed by atoms with van der Waals surface area (Å²) in [6.07, 6.45) is 10.6. The number of allylic oxidation sites excluding steroid dienone is 2. The number of carbonyl (C=O) groups excluding carboxylic acids is 1. The van der Waals surface area contributed by atoms with E-state index in [1.165, 1.54) is 0 Å². The van der Waals surface area contributed by atoms with E-state index >= 15 is 0 Å². The largest absolute Gasteiger partial charge is 0.352 e. The van der Waals surface area contributed by atoms with Crippen molar-refractivity contribution in [3.05, 3.63) is 72.6 Å². The van der Waals surface area contributed by atoms with Crippen LogP contribution >= 0.6 is 0 Å². The maximum Gasteiger partial charge on any atom is 0.225 e. The Morgan fingerprint density at radius 1 is 1.13 bits per heavy atom. The van der Waals surface area contributed by atoms with Crippen LogP contribution in [0.5, 0.6) is 0 Å². The summed E-state index contributed by atoms with van der Waals surface area (Å²) in [7, 11) is 3.85. The van der Waals surface area contributed by atoms with Gasteiger partial charge in [0.05, 0.1) is 11.4 Å². The van der Waals surface area contributed by atoms with Gasteiger partial charge in [0.15, 0.2) is 0 Å². The molecule has 1 atom stereocenters. The molecule has 0 saturated heterocycles. The second-order valence-electron chi connectivity index (χ2n) is 7.99. The van der Waals surface area contributed by atoms with Gasteiger partial charge in [-0.2, -0.15) is 0 Å². The molecule has 3 aromatic rings. The van der Waals surface area contributed by atoms with Crippen molar-refractivity contribution < 1.29 is 4.79 Å². The molecule has 0 saturated carbocycles. The molecule has 0 spiro atoms. The van der Waals surface area contributed by atoms with Gasteiger partial charge in [-0.05, 0) is 36.5 Å². The summed E-state index contributed by atoms with van der Waals surface area (Å²) < 4.78 is 0. The molecule has 2 aromatic heterocycles. The first-order valence-corrected chi connectivity index (χ1v) is 10.6. The van der Waals surface area contributed by atoms with E-state index < -0.39 is 0 Å². The van der Waals surface area contributed by atoms with Gasteiger partial charge < -0.3 is 10.2 Å². The van der Waals surface area contributed by atoms with Crippen molar-refractivity contribution in [1.29, 1.82) is 0 Å². The minimum absolute atomic E-state index is 0.101. The molecule has 1 aliphatic rings. The number of nitrogens with one attached hydrogen (secondary N) is 1. The molecule has 1 N–H and O–H groups in total. The summed E-state index contributed by atoms with van der Waals surface area (Å²) >= 11 is 0. The van der Waals surface area contributed by atoms with Crippen molar-refractivity contribution in [2.75, 3.05) is 19.0 Å². The number of amides is 1. The molecule has 6 nitrogen and oxygen atoms in total. The molecule has 158 valence electrons. The SMILES string of the molecule is CN(C)c1ncc(-c2ccccn2)c(-c2ccc(CNC(=O)CC3C=CCC3)cc2)n1. The Hall–Kier alpha value is -3.54. The third kappa shape index (κ3) is 5.15. The fourth-order valence-electron chi connectivity index (χ4n) is 3.67. The highest BCUT2D eigenvalue weighted by Gasteiger charge is 2.15. The zero-order valence-corrected chi connectivity index (χ0v) is 18.0. The zero-order valence-electron chi connectivity index (χ0n) is 18.0. The minimum Gasteiger partial charge on any atom is -0.352 e. The third-order valence-electron chi connectivity index (χ3n) is 5.39. The van der Waals surface area contributed by atoms with E-state index in [0.717, 1.165) is 40.9 Å². The van der Waals surface area contributed by atoms with Gasteiger partial charge >= 0.3 is 0 Å². The Morgan fingerprint density at radius 3 is 2.65 bits per heavy atom. The molecule has 2 heterocycles. The van der Waals surface area contributed by atoms with Crippen LogP contribution in [0.4, 0.5) is 5.95 Å². The van der Waals surface area contributed by atoms with Gasteiger partial charge in [0.25, 0.3) is 0 Å². The highest BCUT2D eigenvalue weighted by Crippen LogP contribution is 2.30. The lowest BCUT2D eigenvalue weighted by Crippen LogP contribution is -2.24. The molecule has 1 aromatic carbocycles. The highest BCUT2D eigenvalue weighted by molar-refractivity contribution is 5.79. The van der Waals surface area contributed by atoms with Crippen LogP contribution in [0.3, 0.4) is 0 Å². The topological polar surface area (TPSA) is 71.0 Å². The van der Waals surface area contributed by atoms with Gasteiger partial charge in [-0.3, -0.25) is 9.78 Å². The number of nitrogens with zero attached hydrogens (tertiary/aromatic N) is 4. The van der Waals surface area contributed by atoms with Crippen LogP contribution in [0.25, 0.3) is 22.5 Å². The maximum absolute atomic E-state index is 12.2. The number of aromatic nitrogens is 3. The summed E-state index contributed by atoms with van der Waals surface area (Å²) in [5, 5.41) is 3.03. The molecule has 31 heavy (non-hydrogen) atoms. The van der Waals surface area contributed by atoms with Gasteiger partial charge in [0.2, 0.25) is 11.9 Å². The van der Waals surface area contributed by atoms with Gasteiger partial charge in [-0.25, -0.2) is 9.97 Å². The average Bonchev–Trinajstić information content (AvgIpc) is 3.31. The molecule has 4 rings (SSSR count). The zero-order chi connectivity index (χ0) is 21.6. The summed E-state index contributed by atoms with van der Waals surface area (Å²) in [6, 6.07) is 13.9. The van der Waals surface area contributed by atoms with E-state index in [0.29, 0.717) is 24.8 Å². The molecule has 0 bridgehead atoms. The van der Waals surface area contributed by atoms with Crippen molar-refractivity contribution in [3.8, 4) is 22.5 Å². The average molecular weight is 414 g/mol. The predicted molar refractivity (Wildman–Crippen MR) is 123 cm³/mol. The highest BCUT2D eigenvalue weighted by atomic mass is 16.1. The van der Waals surface area contributed by atoms with Crippen LogP contribution in [0.2, 0.25) is 0 Å². The number of hydrogen-bond donors (Lipinski definition) is 1. The van der Waals surface area contributed by atoms with Crippen LogP contribution < -0.4 is 10.2 Å². The minimum atomic E-state index is 0.101. The van der Waals surface area contributed by atoms with Gasteiger partial charge in [0, 0.05) is 50.6 Å². The van der Waals surface area contributed by atoms with Crippen LogP contribution in [0, 0.1) is 5.92 Å². The third-order valence-corrected chi connectivity index (χ3v) is 5.39. The summed E-state index contributed by atoms with van der Waals surface area (Å²) in [4.78, 5) is 27.8. The molecular weight excluding hydrogens is 386 g/mol. The second kappa shape index (κ2) is 9.51. The van der Waals surface area contributed by atoms with Crippen LogP contribution in [0.15, 0.2) is 67.0 Å². The van der Waals surface area contributed by atoms with E-state index in [1.54, 1.807) is 6.20 Å². The Bertz CT molecular complexity index is 1060. The predicted octanol–water partition coefficient (Wildman–Crippen LogP) is 4.24. The number of rotatable bonds is 7. The van der Waals surface area contributed by atoms with Crippen molar-refractivity contribution in [2.24, 2.45) is 5.92 Å². The standard InChI is InChI=1S/C25H27N5O/c1-30(2)25-28-17-21(22-9-5-6-14-26-22)24(29-25)20-12-10-19(11-13-20)16-27-23(31)15-18-7-3-4-8-18/h3,5-7,9-14,17-18H,4,8,15-16H2,1-2H3,(H,27,31). The summed E-state index contributed by atoms with van der Waals surface area (Å²) in [5.41, 5.74) is 4.59. The Kier molecular flexibility index (Phi) is 6.36. The van der Waals surface area contributed by atoms with E-state index in [-0.39, 0.29) is 5.91 Å². The molecule has 0 radical (unpaired) electrons. The fourth-order valence-corrected chi connectivity index (χ4v) is 3.67. The first-order valence-electron chi connectivity index (χ1n) is 10.6. The second-order valence-corrected chi connectivity index (χ2v) is 7.99. The normalized spacial score (nSPS) is 15.1. The monoisotopic (exact) mass is 413 g/mol. The number of carbonyl (C=O) groups is 1. The number of anilines is 1. The lowest BCUT2D eigenvalue weighted by atomic mass is 10.0. The van der Waals surface area contributed by atoms with E-state index in [9.17, 15) is 4.79 Å². The molecule has 1 aliphatic carbocycles. The summed E-state index contributed by atoms with van der Waals surface area (Å²) in [6.45, 7) is 0.523. The smallest absolute Gasteiger partial charge is 0.225 e. The molecule has 0 aliphatic heterocycles. The van der Waals surface area contributed by atoms with Crippen molar-refractivity contribution in [3.63, 3.8) is 0 Å². The summed E-state index contributed by atoms with van der Waals surface area (Å²) in [5.74, 6) is 1.13. The first kappa shape index (κ1) is 20.7. The Morgan fingerprint density at radius 2 is 1.97 bits per heavy atom. The number of benzene rings is 1. The quantitative estimate of drug-likeness (QED) is 0.587. The molecular formula is C25H27N5O. The molecule has 1 amide bonds. The number of pyridine rings is 1. The van der Waals surface area contributed by atoms with Crippen LogP contribution in [0.1, 0.15) is 24.8 Å². The van der Waals surface area contributed by atoms with E-state index in [2.05, 4.69) is 27.4 Å². The Balaban J connectivity index is 1.52. The fraction of sp³-hybridized carbons (Fsp3) is 0.280.